The first-order valence-corrected chi connectivity index (χ1v) is 7.42. The van der Waals surface area contributed by atoms with E-state index >= 15 is 0 Å². The molecule has 0 N–H and O–H groups in total. The predicted octanol–water partition coefficient (Wildman–Crippen LogP) is 3.56. The Morgan fingerprint density at radius 2 is 2.05 bits per heavy atom. The maximum atomic E-state index is 8.86. The minimum atomic E-state index is 0.477. The van der Waals surface area contributed by atoms with Gasteiger partial charge in [0, 0.05) is 19.3 Å². The van der Waals surface area contributed by atoms with Crippen LogP contribution in [0.3, 0.4) is 0 Å². The molecule has 1 heterocycles. The van der Waals surface area contributed by atoms with E-state index in [1.807, 2.05) is 49.0 Å². The van der Waals surface area contributed by atoms with Gasteiger partial charge in [-0.05, 0) is 18.6 Å². The van der Waals surface area contributed by atoms with Crippen LogP contribution < -0.4 is 4.90 Å². The highest BCUT2D eigenvalue weighted by atomic mass is 35.5. The average Bonchev–Trinajstić information content (AvgIpc) is 2.79. The molecule has 0 atom stereocenters. The summed E-state index contributed by atoms with van der Waals surface area (Å²) in [5.41, 5.74) is 2.99. The molecular formula is C16H19ClN4. The summed E-state index contributed by atoms with van der Waals surface area (Å²) in [6.45, 7) is 3.36. The molecule has 0 saturated carbocycles. The van der Waals surface area contributed by atoms with E-state index in [0.29, 0.717) is 19.5 Å². The van der Waals surface area contributed by atoms with Crippen LogP contribution in [0.4, 0.5) is 5.69 Å². The van der Waals surface area contributed by atoms with Gasteiger partial charge in [-0.1, -0.05) is 36.7 Å². The molecule has 0 unspecified atom stereocenters. The molecule has 0 bridgehead atoms. The van der Waals surface area contributed by atoms with Crippen molar-refractivity contribution in [3.63, 3.8) is 0 Å². The fraction of sp³-hybridized carbons (Fsp3) is 0.375. The van der Waals surface area contributed by atoms with Crippen LogP contribution >= 0.6 is 11.6 Å². The van der Waals surface area contributed by atoms with Gasteiger partial charge in [0.1, 0.15) is 0 Å². The van der Waals surface area contributed by atoms with E-state index in [9.17, 15) is 0 Å². The number of rotatable bonds is 6. The Bertz CT molecular complexity index is 628. The normalized spacial score (nSPS) is 10.4. The maximum absolute atomic E-state index is 8.86. The molecule has 0 radical (unpaired) electrons. The summed E-state index contributed by atoms with van der Waals surface area (Å²) in [6, 6.07) is 12.3. The van der Waals surface area contributed by atoms with Crippen LogP contribution in [0.5, 0.6) is 0 Å². The second-order valence-corrected chi connectivity index (χ2v) is 5.23. The van der Waals surface area contributed by atoms with Gasteiger partial charge in [-0.3, -0.25) is 4.68 Å². The molecule has 0 aliphatic carbocycles. The lowest BCUT2D eigenvalue weighted by Crippen LogP contribution is -2.25. The van der Waals surface area contributed by atoms with Crippen LogP contribution in [0.15, 0.2) is 30.3 Å². The molecule has 21 heavy (non-hydrogen) atoms. The number of anilines is 1. The highest BCUT2D eigenvalue weighted by molar-refractivity contribution is 6.31. The Morgan fingerprint density at radius 1 is 1.33 bits per heavy atom. The number of hydrogen-bond acceptors (Lipinski definition) is 3. The van der Waals surface area contributed by atoms with Crippen LogP contribution in [0.25, 0.3) is 0 Å². The fourth-order valence-electron chi connectivity index (χ4n) is 2.30. The monoisotopic (exact) mass is 302 g/mol. The van der Waals surface area contributed by atoms with E-state index in [0.717, 1.165) is 28.5 Å². The van der Waals surface area contributed by atoms with Crippen molar-refractivity contribution >= 4 is 17.3 Å². The number of benzene rings is 1. The Labute approximate surface area is 130 Å². The predicted molar refractivity (Wildman–Crippen MR) is 85.3 cm³/mol. The molecule has 0 aliphatic rings. The lowest BCUT2D eigenvalue weighted by molar-refractivity contribution is 0.673. The highest BCUT2D eigenvalue weighted by Crippen LogP contribution is 2.24. The Hall–Kier alpha value is -1.99. The minimum absolute atomic E-state index is 0.477. The van der Waals surface area contributed by atoms with Crippen molar-refractivity contribution in [1.82, 2.24) is 9.78 Å². The lowest BCUT2D eigenvalue weighted by atomic mass is 10.2. The molecule has 0 amide bonds. The summed E-state index contributed by atoms with van der Waals surface area (Å²) in [6.07, 6.45) is 1.29. The molecule has 2 rings (SSSR count). The third-order valence-electron chi connectivity index (χ3n) is 3.46. The number of nitrogens with zero attached hydrogens (tertiary/aromatic N) is 4. The Balaban J connectivity index is 2.27. The van der Waals surface area contributed by atoms with E-state index in [1.165, 1.54) is 0 Å². The molecule has 0 aliphatic heterocycles. The first-order valence-electron chi connectivity index (χ1n) is 7.04. The number of nitriles is 1. The summed E-state index contributed by atoms with van der Waals surface area (Å²) < 4.78 is 1.84. The largest absolute Gasteiger partial charge is 0.365 e. The summed E-state index contributed by atoms with van der Waals surface area (Å²) in [4.78, 5) is 2.16. The van der Waals surface area contributed by atoms with E-state index in [4.69, 9.17) is 16.9 Å². The minimum Gasteiger partial charge on any atom is -0.365 e. The number of halogens is 1. The molecule has 2 aromatic rings. The summed E-state index contributed by atoms with van der Waals surface area (Å²) in [7, 11) is 1.91. The molecule has 110 valence electrons. The van der Waals surface area contributed by atoms with Gasteiger partial charge in [0.2, 0.25) is 0 Å². The van der Waals surface area contributed by atoms with Gasteiger partial charge < -0.3 is 4.90 Å². The Morgan fingerprint density at radius 3 is 2.62 bits per heavy atom. The summed E-state index contributed by atoms with van der Waals surface area (Å²) in [5, 5.41) is 14.0. The number of para-hydroxylation sites is 1. The van der Waals surface area contributed by atoms with Crippen molar-refractivity contribution in [1.29, 1.82) is 5.26 Å². The van der Waals surface area contributed by atoms with Crippen molar-refractivity contribution < 1.29 is 0 Å². The second kappa shape index (κ2) is 7.14. The topological polar surface area (TPSA) is 44.9 Å². The Kier molecular flexibility index (Phi) is 5.24. The zero-order valence-electron chi connectivity index (χ0n) is 12.4. The molecule has 1 aromatic heterocycles. The third-order valence-corrected chi connectivity index (χ3v) is 3.89. The van der Waals surface area contributed by atoms with Gasteiger partial charge in [-0.25, -0.2) is 0 Å². The molecule has 5 heteroatoms. The SMILES string of the molecule is CCc1nn(C)c(CN(CCC#N)c2ccccc2)c1Cl. The van der Waals surface area contributed by atoms with Crippen LogP contribution in [0.2, 0.25) is 5.02 Å². The van der Waals surface area contributed by atoms with Crippen LogP contribution in [0, 0.1) is 11.3 Å². The molecule has 0 fully saturated rings. The average molecular weight is 303 g/mol. The van der Waals surface area contributed by atoms with Gasteiger partial charge in [0.05, 0.1) is 35.4 Å². The molecule has 0 spiro atoms. The van der Waals surface area contributed by atoms with Crippen LogP contribution in [-0.2, 0) is 20.0 Å². The summed E-state index contributed by atoms with van der Waals surface area (Å²) in [5.74, 6) is 0. The molecule has 4 nitrogen and oxygen atoms in total. The van der Waals surface area contributed by atoms with Gasteiger partial charge in [-0.15, -0.1) is 0 Å². The smallest absolute Gasteiger partial charge is 0.0868 e. The van der Waals surface area contributed by atoms with Crippen molar-refractivity contribution in [2.45, 2.75) is 26.3 Å². The second-order valence-electron chi connectivity index (χ2n) is 4.85. The summed E-state index contributed by atoms with van der Waals surface area (Å²) >= 11 is 6.42. The van der Waals surface area contributed by atoms with Gasteiger partial charge in [-0.2, -0.15) is 10.4 Å². The fourth-order valence-corrected chi connectivity index (χ4v) is 2.65. The number of aromatic nitrogens is 2. The molecular weight excluding hydrogens is 284 g/mol. The number of aryl methyl sites for hydroxylation is 2. The molecule has 0 saturated heterocycles. The van der Waals surface area contributed by atoms with E-state index < -0.39 is 0 Å². The first kappa shape index (κ1) is 15.4. The van der Waals surface area contributed by atoms with Crippen molar-refractivity contribution in [2.24, 2.45) is 7.05 Å². The van der Waals surface area contributed by atoms with Crippen LogP contribution in [0.1, 0.15) is 24.7 Å². The first-order chi connectivity index (χ1) is 10.2. The standard InChI is InChI=1S/C16H19ClN4/c1-3-14-16(17)15(20(2)19-14)12-21(11-7-10-18)13-8-5-4-6-9-13/h4-6,8-9H,3,7,11-12H2,1-2H3. The molecule has 1 aromatic carbocycles. The number of hydrogen-bond donors (Lipinski definition) is 0. The lowest BCUT2D eigenvalue weighted by Gasteiger charge is -2.24. The zero-order valence-corrected chi connectivity index (χ0v) is 13.1. The quantitative estimate of drug-likeness (QED) is 0.819. The van der Waals surface area contributed by atoms with Crippen LogP contribution in [-0.4, -0.2) is 16.3 Å². The highest BCUT2D eigenvalue weighted by Gasteiger charge is 2.16. The van der Waals surface area contributed by atoms with Gasteiger partial charge in [0.25, 0.3) is 0 Å². The maximum Gasteiger partial charge on any atom is 0.0868 e. The van der Waals surface area contributed by atoms with Crippen molar-refractivity contribution in [3.05, 3.63) is 46.7 Å². The zero-order chi connectivity index (χ0) is 15.2. The van der Waals surface area contributed by atoms with E-state index in [-0.39, 0.29) is 0 Å². The van der Waals surface area contributed by atoms with Gasteiger partial charge in [0.15, 0.2) is 0 Å². The van der Waals surface area contributed by atoms with E-state index in [1.54, 1.807) is 0 Å². The van der Waals surface area contributed by atoms with Crippen molar-refractivity contribution in [3.8, 4) is 6.07 Å². The van der Waals surface area contributed by atoms with E-state index in [2.05, 4.69) is 16.1 Å². The van der Waals surface area contributed by atoms with Crippen molar-refractivity contribution in [2.75, 3.05) is 11.4 Å². The van der Waals surface area contributed by atoms with Gasteiger partial charge >= 0.3 is 0 Å². The third kappa shape index (κ3) is 3.56.